The zero-order chi connectivity index (χ0) is 15.7. The number of phenolic OH excluding ortho intramolecular Hbond substituents is 2. The molecule has 1 aromatic carbocycles. The van der Waals surface area contributed by atoms with Crippen molar-refractivity contribution >= 4 is 17.2 Å². The number of carbonyl (C=O) groups is 1. The lowest BCUT2D eigenvalue weighted by Crippen LogP contribution is -2.26. The fourth-order valence-corrected chi connectivity index (χ4v) is 3.90. The van der Waals surface area contributed by atoms with E-state index in [4.69, 9.17) is 0 Å². The molecular formula is C16H18N2O3S. The van der Waals surface area contributed by atoms with Crippen LogP contribution in [0.2, 0.25) is 0 Å². The number of phenols is 2. The molecule has 116 valence electrons. The maximum Gasteiger partial charge on any atom is 0.254 e. The van der Waals surface area contributed by atoms with Gasteiger partial charge in [0.05, 0.1) is 12.2 Å². The Hall–Kier alpha value is -2.08. The number of aryl methyl sites for hydroxylation is 2. The minimum Gasteiger partial charge on any atom is -0.508 e. The molecule has 6 heteroatoms. The number of amides is 1. The number of hydrogen-bond donors (Lipinski definition) is 2. The molecule has 0 bridgehead atoms. The number of fused-ring (bicyclic) bond motifs is 1. The summed E-state index contributed by atoms with van der Waals surface area (Å²) in [4.78, 5) is 19.9. The number of benzene rings is 1. The minimum atomic E-state index is -0.251. The number of nitrogens with zero attached hydrogens (tertiary/aromatic N) is 2. The Balaban J connectivity index is 1.74. The second-order valence-corrected chi connectivity index (χ2v) is 6.75. The molecular weight excluding hydrogens is 300 g/mol. The molecule has 0 radical (unpaired) electrons. The van der Waals surface area contributed by atoms with Gasteiger partial charge in [0.15, 0.2) is 0 Å². The van der Waals surface area contributed by atoms with Crippen LogP contribution in [0, 0.1) is 0 Å². The van der Waals surface area contributed by atoms with Crippen molar-refractivity contribution in [3.8, 4) is 11.5 Å². The van der Waals surface area contributed by atoms with Gasteiger partial charge in [-0.25, -0.2) is 4.98 Å². The molecule has 1 aromatic heterocycles. The minimum absolute atomic E-state index is 0.124. The highest BCUT2D eigenvalue weighted by Gasteiger charge is 2.19. The number of rotatable bonds is 3. The number of aromatic hydroxyl groups is 2. The summed E-state index contributed by atoms with van der Waals surface area (Å²) in [6.07, 6.45) is 4.52. The summed E-state index contributed by atoms with van der Waals surface area (Å²) < 4.78 is 0. The molecule has 0 atom stereocenters. The second kappa shape index (κ2) is 5.96. The fraction of sp³-hybridized carbons (Fsp3) is 0.375. The summed E-state index contributed by atoms with van der Waals surface area (Å²) in [6, 6.07) is 3.91. The third kappa shape index (κ3) is 3.06. The van der Waals surface area contributed by atoms with Crippen LogP contribution in [0.5, 0.6) is 11.5 Å². The average molecular weight is 318 g/mol. The highest BCUT2D eigenvalue weighted by molar-refractivity contribution is 7.11. The maximum absolute atomic E-state index is 12.4. The van der Waals surface area contributed by atoms with Gasteiger partial charge in [-0.15, -0.1) is 11.3 Å². The van der Waals surface area contributed by atoms with Crippen LogP contribution < -0.4 is 0 Å². The number of thiazole rings is 1. The van der Waals surface area contributed by atoms with E-state index in [9.17, 15) is 15.0 Å². The Morgan fingerprint density at radius 3 is 2.59 bits per heavy atom. The normalized spacial score (nSPS) is 13.7. The quantitative estimate of drug-likeness (QED) is 0.912. The molecule has 0 saturated carbocycles. The molecule has 1 aliphatic carbocycles. The zero-order valence-corrected chi connectivity index (χ0v) is 13.2. The van der Waals surface area contributed by atoms with Gasteiger partial charge in [-0.05, 0) is 37.8 Å². The predicted molar refractivity (Wildman–Crippen MR) is 84.3 cm³/mol. The number of carbonyl (C=O) groups excluding carboxylic acids is 1. The van der Waals surface area contributed by atoms with Gasteiger partial charge in [0, 0.05) is 23.6 Å². The summed E-state index contributed by atoms with van der Waals surface area (Å²) in [5.41, 5.74) is 1.45. The van der Waals surface area contributed by atoms with Gasteiger partial charge < -0.3 is 15.1 Å². The summed E-state index contributed by atoms with van der Waals surface area (Å²) >= 11 is 1.68. The Bertz CT molecular complexity index is 668. The van der Waals surface area contributed by atoms with Crippen LogP contribution in [-0.4, -0.2) is 33.1 Å². The summed E-state index contributed by atoms with van der Waals surface area (Å²) in [5.74, 6) is -0.498. The number of hydrogen-bond acceptors (Lipinski definition) is 5. The summed E-state index contributed by atoms with van der Waals surface area (Å²) in [5, 5.41) is 19.9. The van der Waals surface area contributed by atoms with E-state index >= 15 is 0 Å². The van der Waals surface area contributed by atoms with E-state index < -0.39 is 0 Å². The monoisotopic (exact) mass is 318 g/mol. The highest BCUT2D eigenvalue weighted by atomic mass is 32.1. The third-order valence-electron chi connectivity index (χ3n) is 3.76. The Labute approximate surface area is 132 Å². The molecule has 0 fully saturated rings. The van der Waals surface area contributed by atoms with Crippen LogP contribution in [0.15, 0.2) is 18.2 Å². The van der Waals surface area contributed by atoms with Crippen molar-refractivity contribution in [3.63, 3.8) is 0 Å². The van der Waals surface area contributed by atoms with E-state index in [1.165, 1.54) is 41.6 Å². The van der Waals surface area contributed by atoms with Crippen molar-refractivity contribution in [1.29, 1.82) is 0 Å². The van der Waals surface area contributed by atoms with E-state index in [1.807, 2.05) is 0 Å². The van der Waals surface area contributed by atoms with Crippen molar-refractivity contribution in [2.24, 2.45) is 0 Å². The first kappa shape index (κ1) is 14.8. The molecule has 0 aliphatic heterocycles. The van der Waals surface area contributed by atoms with E-state index in [-0.39, 0.29) is 23.0 Å². The molecule has 5 nitrogen and oxygen atoms in total. The first-order valence-corrected chi connectivity index (χ1v) is 8.10. The summed E-state index contributed by atoms with van der Waals surface area (Å²) in [6.45, 7) is 0.437. The van der Waals surface area contributed by atoms with Crippen molar-refractivity contribution in [3.05, 3.63) is 39.3 Å². The Morgan fingerprint density at radius 1 is 1.23 bits per heavy atom. The predicted octanol–water partition coefficient (Wildman–Crippen LogP) is 2.71. The van der Waals surface area contributed by atoms with Crippen molar-refractivity contribution in [2.45, 2.75) is 32.2 Å². The smallest absolute Gasteiger partial charge is 0.254 e. The van der Waals surface area contributed by atoms with Crippen molar-refractivity contribution in [2.75, 3.05) is 7.05 Å². The topological polar surface area (TPSA) is 73.7 Å². The van der Waals surface area contributed by atoms with E-state index in [1.54, 1.807) is 23.3 Å². The lowest BCUT2D eigenvalue weighted by atomic mass is 10.0. The van der Waals surface area contributed by atoms with Crippen molar-refractivity contribution in [1.82, 2.24) is 9.88 Å². The Morgan fingerprint density at radius 2 is 1.91 bits per heavy atom. The van der Waals surface area contributed by atoms with E-state index in [0.717, 1.165) is 17.8 Å². The SMILES string of the molecule is CN(Cc1nc2c(s1)CCCC2)C(=O)c1cc(O)cc(O)c1. The van der Waals surface area contributed by atoms with Gasteiger partial charge in [0.2, 0.25) is 0 Å². The number of aromatic nitrogens is 1. The van der Waals surface area contributed by atoms with Crippen LogP contribution in [0.3, 0.4) is 0 Å². The van der Waals surface area contributed by atoms with Gasteiger partial charge >= 0.3 is 0 Å². The molecule has 1 amide bonds. The maximum atomic E-state index is 12.4. The molecule has 1 heterocycles. The van der Waals surface area contributed by atoms with E-state index in [0.29, 0.717) is 6.54 Å². The van der Waals surface area contributed by atoms with Crippen LogP contribution in [-0.2, 0) is 19.4 Å². The van der Waals surface area contributed by atoms with Gasteiger partial charge in [0.25, 0.3) is 5.91 Å². The average Bonchev–Trinajstić information content (AvgIpc) is 2.87. The van der Waals surface area contributed by atoms with Crippen LogP contribution in [0.25, 0.3) is 0 Å². The molecule has 2 aromatic rings. The van der Waals surface area contributed by atoms with Gasteiger partial charge in [0.1, 0.15) is 16.5 Å². The van der Waals surface area contributed by atoms with Crippen LogP contribution in [0.4, 0.5) is 0 Å². The standard InChI is InChI=1S/C16H18N2O3S/c1-18(16(21)10-6-11(19)8-12(20)7-10)9-15-17-13-4-2-3-5-14(13)22-15/h6-8,19-20H,2-5,9H2,1H3. The Kier molecular flexibility index (Phi) is 4.02. The van der Waals surface area contributed by atoms with E-state index in [2.05, 4.69) is 4.98 Å². The second-order valence-electron chi connectivity index (χ2n) is 5.58. The first-order valence-electron chi connectivity index (χ1n) is 7.29. The molecule has 0 unspecified atom stereocenters. The van der Waals surface area contributed by atoms with Gasteiger partial charge in [-0.3, -0.25) is 4.79 Å². The lowest BCUT2D eigenvalue weighted by molar-refractivity contribution is 0.0784. The van der Waals surface area contributed by atoms with Crippen LogP contribution >= 0.6 is 11.3 Å². The molecule has 3 rings (SSSR count). The third-order valence-corrected chi connectivity index (χ3v) is 4.90. The molecule has 0 saturated heterocycles. The molecule has 1 aliphatic rings. The molecule has 2 N–H and O–H groups in total. The summed E-state index contributed by atoms with van der Waals surface area (Å²) in [7, 11) is 1.70. The largest absolute Gasteiger partial charge is 0.508 e. The van der Waals surface area contributed by atoms with Crippen molar-refractivity contribution < 1.29 is 15.0 Å². The molecule has 22 heavy (non-hydrogen) atoms. The lowest BCUT2D eigenvalue weighted by Gasteiger charge is -2.16. The fourth-order valence-electron chi connectivity index (χ4n) is 2.69. The zero-order valence-electron chi connectivity index (χ0n) is 12.4. The van der Waals surface area contributed by atoms with Gasteiger partial charge in [-0.2, -0.15) is 0 Å². The molecule has 0 spiro atoms. The first-order chi connectivity index (χ1) is 10.5. The highest BCUT2D eigenvalue weighted by Crippen LogP contribution is 2.28. The van der Waals surface area contributed by atoms with Crippen LogP contribution in [0.1, 0.15) is 38.8 Å². The van der Waals surface area contributed by atoms with Gasteiger partial charge in [-0.1, -0.05) is 0 Å².